The summed E-state index contributed by atoms with van der Waals surface area (Å²) < 4.78 is 1.93. The fraction of sp³-hybridized carbons (Fsp3) is 0.600. The molecule has 3 rings (SSSR count). The third-order valence-electron chi connectivity index (χ3n) is 3.01. The van der Waals surface area contributed by atoms with Gasteiger partial charge in [0.2, 0.25) is 4.96 Å². The van der Waals surface area contributed by atoms with Crippen molar-refractivity contribution in [2.75, 3.05) is 0 Å². The minimum atomic E-state index is 0.361. The molecule has 1 fully saturated rings. The second-order valence-electron chi connectivity index (χ2n) is 4.26. The molecule has 0 unspecified atom stereocenters. The Hall–Kier alpha value is -0.900. The summed E-state index contributed by atoms with van der Waals surface area (Å²) in [5.74, 6) is 0. The highest BCUT2D eigenvalue weighted by Crippen LogP contribution is 2.47. The highest BCUT2D eigenvalue weighted by atomic mass is 32.1. The van der Waals surface area contributed by atoms with Gasteiger partial charge in [-0.2, -0.15) is 5.10 Å². The van der Waals surface area contributed by atoms with Crippen molar-refractivity contribution in [3.05, 3.63) is 16.9 Å². The van der Waals surface area contributed by atoms with Gasteiger partial charge in [-0.25, -0.2) is 9.50 Å². The lowest BCUT2D eigenvalue weighted by atomic mass is 10.1. The van der Waals surface area contributed by atoms with Gasteiger partial charge < -0.3 is 0 Å². The number of rotatable bonds is 2. The first-order valence-corrected chi connectivity index (χ1v) is 5.88. The molecule has 0 N–H and O–H groups in total. The SMILES string of the molecule is CCc1nn2cc(C3(C)CC3)nc2s1. The Labute approximate surface area is 86.8 Å². The maximum absolute atomic E-state index is 4.63. The first-order valence-electron chi connectivity index (χ1n) is 5.07. The highest BCUT2D eigenvalue weighted by Gasteiger charge is 2.41. The molecule has 0 saturated heterocycles. The van der Waals surface area contributed by atoms with E-state index in [0.717, 1.165) is 11.4 Å². The number of nitrogens with zero attached hydrogens (tertiary/aromatic N) is 3. The van der Waals surface area contributed by atoms with Crippen molar-refractivity contribution in [1.29, 1.82) is 0 Å². The Balaban J connectivity index is 2.09. The quantitative estimate of drug-likeness (QED) is 0.757. The number of imidazole rings is 1. The lowest BCUT2D eigenvalue weighted by Gasteiger charge is -2.00. The molecule has 0 spiro atoms. The summed E-state index contributed by atoms with van der Waals surface area (Å²) >= 11 is 1.70. The third kappa shape index (κ3) is 1.10. The maximum atomic E-state index is 4.63. The van der Waals surface area contributed by atoms with Gasteiger partial charge in [0.05, 0.1) is 11.9 Å². The van der Waals surface area contributed by atoms with E-state index in [0.29, 0.717) is 5.41 Å². The Morgan fingerprint density at radius 1 is 1.57 bits per heavy atom. The molecule has 2 aromatic rings. The minimum Gasteiger partial charge on any atom is -0.222 e. The van der Waals surface area contributed by atoms with E-state index < -0.39 is 0 Å². The summed E-state index contributed by atoms with van der Waals surface area (Å²) in [5.41, 5.74) is 1.58. The van der Waals surface area contributed by atoms with Gasteiger partial charge in [-0.05, 0) is 19.3 Å². The van der Waals surface area contributed by atoms with Crippen LogP contribution < -0.4 is 0 Å². The fourth-order valence-corrected chi connectivity index (χ4v) is 2.43. The van der Waals surface area contributed by atoms with Crippen LogP contribution in [0.15, 0.2) is 6.20 Å². The second kappa shape index (κ2) is 2.57. The third-order valence-corrected chi connectivity index (χ3v) is 4.07. The standard InChI is InChI=1S/C10H13N3S/c1-3-8-12-13-6-7(10(2)4-5-10)11-9(13)14-8/h6H,3-5H2,1-2H3. The van der Waals surface area contributed by atoms with Gasteiger partial charge in [0.25, 0.3) is 0 Å². The highest BCUT2D eigenvalue weighted by molar-refractivity contribution is 7.16. The van der Waals surface area contributed by atoms with Crippen LogP contribution in [0.25, 0.3) is 4.96 Å². The monoisotopic (exact) mass is 207 g/mol. The Morgan fingerprint density at radius 2 is 2.36 bits per heavy atom. The largest absolute Gasteiger partial charge is 0.222 e. The van der Waals surface area contributed by atoms with Gasteiger partial charge in [0, 0.05) is 5.41 Å². The summed E-state index contributed by atoms with van der Waals surface area (Å²) in [4.78, 5) is 5.68. The van der Waals surface area contributed by atoms with Crippen LogP contribution in [0.3, 0.4) is 0 Å². The molecule has 2 heterocycles. The summed E-state index contributed by atoms with van der Waals surface area (Å²) in [6.45, 7) is 4.40. The lowest BCUT2D eigenvalue weighted by Crippen LogP contribution is -1.99. The van der Waals surface area contributed by atoms with Crippen molar-refractivity contribution < 1.29 is 0 Å². The molecule has 1 saturated carbocycles. The molecule has 4 heteroatoms. The summed E-state index contributed by atoms with van der Waals surface area (Å²) in [5, 5.41) is 5.63. The number of fused-ring (bicyclic) bond motifs is 1. The first kappa shape index (κ1) is 8.41. The number of aryl methyl sites for hydroxylation is 1. The average molecular weight is 207 g/mol. The molecule has 0 aliphatic heterocycles. The molecule has 1 aliphatic carbocycles. The van der Waals surface area contributed by atoms with E-state index in [1.54, 1.807) is 11.3 Å². The molecule has 0 radical (unpaired) electrons. The Kier molecular flexibility index (Phi) is 1.54. The van der Waals surface area contributed by atoms with Gasteiger partial charge in [-0.15, -0.1) is 0 Å². The summed E-state index contributed by atoms with van der Waals surface area (Å²) in [6, 6.07) is 0. The van der Waals surface area contributed by atoms with Gasteiger partial charge in [-0.1, -0.05) is 25.2 Å². The van der Waals surface area contributed by atoms with Crippen molar-refractivity contribution in [3.8, 4) is 0 Å². The zero-order chi connectivity index (χ0) is 9.76. The summed E-state index contributed by atoms with van der Waals surface area (Å²) in [7, 11) is 0. The molecule has 2 aromatic heterocycles. The molecule has 3 nitrogen and oxygen atoms in total. The average Bonchev–Trinajstić information content (AvgIpc) is 2.62. The van der Waals surface area contributed by atoms with E-state index >= 15 is 0 Å². The van der Waals surface area contributed by atoms with Crippen LogP contribution >= 0.6 is 11.3 Å². The first-order chi connectivity index (χ1) is 6.71. The van der Waals surface area contributed by atoms with Crippen molar-refractivity contribution in [2.24, 2.45) is 0 Å². The zero-order valence-corrected chi connectivity index (χ0v) is 9.27. The number of aromatic nitrogens is 3. The molecule has 0 atom stereocenters. The van der Waals surface area contributed by atoms with Crippen molar-refractivity contribution in [3.63, 3.8) is 0 Å². The van der Waals surface area contributed by atoms with Crippen molar-refractivity contribution in [1.82, 2.24) is 14.6 Å². The van der Waals surface area contributed by atoms with E-state index in [2.05, 4.69) is 30.1 Å². The number of hydrogen-bond donors (Lipinski definition) is 0. The second-order valence-corrected chi connectivity index (χ2v) is 5.30. The molecular formula is C10H13N3S. The molecule has 74 valence electrons. The Morgan fingerprint density at radius 3 is 2.93 bits per heavy atom. The molecule has 0 amide bonds. The van der Waals surface area contributed by atoms with Crippen LogP contribution in [-0.2, 0) is 11.8 Å². The van der Waals surface area contributed by atoms with E-state index in [1.165, 1.54) is 23.5 Å². The molecule has 0 aromatic carbocycles. The molecule has 0 bridgehead atoms. The van der Waals surface area contributed by atoms with Crippen molar-refractivity contribution >= 4 is 16.3 Å². The normalized spacial score (nSPS) is 19.0. The van der Waals surface area contributed by atoms with Gasteiger partial charge in [0.15, 0.2) is 0 Å². The smallest absolute Gasteiger partial charge is 0.212 e. The van der Waals surface area contributed by atoms with Crippen LogP contribution in [0.5, 0.6) is 0 Å². The van der Waals surface area contributed by atoms with E-state index in [9.17, 15) is 0 Å². The van der Waals surface area contributed by atoms with Crippen LogP contribution in [0.4, 0.5) is 0 Å². The van der Waals surface area contributed by atoms with Gasteiger partial charge in [-0.3, -0.25) is 0 Å². The molecular weight excluding hydrogens is 194 g/mol. The van der Waals surface area contributed by atoms with Crippen LogP contribution in [0, 0.1) is 0 Å². The van der Waals surface area contributed by atoms with Crippen LogP contribution in [-0.4, -0.2) is 14.6 Å². The van der Waals surface area contributed by atoms with Crippen LogP contribution in [0.2, 0.25) is 0 Å². The van der Waals surface area contributed by atoms with E-state index in [1.807, 2.05) is 4.52 Å². The molecule has 1 aliphatic rings. The van der Waals surface area contributed by atoms with Crippen molar-refractivity contribution in [2.45, 2.75) is 38.5 Å². The predicted molar refractivity (Wildman–Crippen MR) is 56.8 cm³/mol. The minimum absolute atomic E-state index is 0.361. The predicted octanol–water partition coefficient (Wildman–Crippen LogP) is 2.40. The topological polar surface area (TPSA) is 30.2 Å². The van der Waals surface area contributed by atoms with E-state index in [-0.39, 0.29) is 0 Å². The fourth-order valence-electron chi connectivity index (χ4n) is 1.62. The maximum Gasteiger partial charge on any atom is 0.212 e. The van der Waals surface area contributed by atoms with Crippen LogP contribution in [0.1, 0.15) is 37.4 Å². The van der Waals surface area contributed by atoms with Gasteiger partial charge >= 0.3 is 0 Å². The summed E-state index contributed by atoms with van der Waals surface area (Å²) in [6.07, 6.45) is 5.65. The lowest BCUT2D eigenvalue weighted by molar-refractivity contribution is 0.755. The van der Waals surface area contributed by atoms with Gasteiger partial charge in [0.1, 0.15) is 5.01 Å². The van der Waals surface area contributed by atoms with E-state index in [4.69, 9.17) is 0 Å². The number of hydrogen-bond acceptors (Lipinski definition) is 3. The zero-order valence-electron chi connectivity index (χ0n) is 8.45. The Bertz CT molecular complexity index is 447. The molecule has 14 heavy (non-hydrogen) atoms.